The average Bonchev–Trinajstić information content (AvgIpc) is 1.69. The lowest BCUT2D eigenvalue weighted by Crippen LogP contribution is -1.95. The van der Waals surface area contributed by atoms with Crippen molar-refractivity contribution in [3.63, 3.8) is 0 Å². The molecule has 1 heteroatoms. The highest BCUT2D eigenvalue weighted by atomic mass is 35.5. The Morgan fingerprint density at radius 2 is 1.57 bits per heavy atom. The first-order chi connectivity index (χ1) is 3.39. The van der Waals surface area contributed by atoms with Gasteiger partial charge in [0.1, 0.15) is 0 Å². The standard InChI is InChI=1S/C6H10Cl/c7-6-4-2-1-3-5-6/h1-5H2. The summed E-state index contributed by atoms with van der Waals surface area (Å²) in [5.74, 6) is 0. The van der Waals surface area contributed by atoms with Crippen molar-refractivity contribution in [2.24, 2.45) is 0 Å². The van der Waals surface area contributed by atoms with E-state index in [1.54, 1.807) is 0 Å². The van der Waals surface area contributed by atoms with Gasteiger partial charge in [-0.15, -0.1) is 11.6 Å². The molecule has 0 bridgehead atoms. The van der Waals surface area contributed by atoms with Crippen molar-refractivity contribution >= 4 is 11.6 Å². The monoisotopic (exact) mass is 117 g/mol. The Kier molecular flexibility index (Phi) is 1.99. The first-order valence-corrected chi connectivity index (χ1v) is 3.27. The van der Waals surface area contributed by atoms with Crippen LogP contribution in [-0.2, 0) is 0 Å². The quantitative estimate of drug-likeness (QED) is 0.458. The molecule has 0 aromatic rings. The van der Waals surface area contributed by atoms with Gasteiger partial charge in [0.05, 0.1) is 5.38 Å². The molecule has 1 fully saturated rings. The molecule has 1 rings (SSSR count). The maximum absolute atomic E-state index is 5.73. The van der Waals surface area contributed by atoms with E-state index in [1.807, 2.05) is 0 Å². The van der Waals surface area contributed by atoms with Gasteiger partial charge in [-0.1, -0.05) is 19.3 Å². The van der Waals surface area contributed by atoms with Crippen LogP contribution < -0.4 is 0 Å². The molecule has 7 heavy (non-hydrogen) atoms. The Morgan fingerprint density at radius 1 is 1.00 bits per heavy atom. The minimum Gasteiger partial charge on any atom is -0.117 e. The van der Waals surface area contributed by atoms with Gasteiger partial charge in [0, 0.05) is 0 Å². The molecule has 0 aliphatic heterocycles. The van der Waals surface area contributed by atoms with Gasteiger partial charge in [-0.25, -0.2) is 0 Å². The smallest absolute Gasteiger partial charge is 0.0637 e. The second-order valence-corrected chi connectivity index (χ2v) is 2.61. The predicted molar refractivity (Wildman–Crippen MR) is 32.2 cm³/mol. The van der Waals surface area contributed by atoms with Gasteiger partial charge in [-0.3, -0.25) is 0 Å². The Balaban J connectivity index is 2.12. The fourth-order valence-corrected chi connectivity index (χ4v) is 1.20. The summed E-state index contributed by atoms with van der Waals surface area (Å²) in [6, 6.07) is 0. The predicted octanol–water partition coefficient (Wildman–Crippen LogP) is 2.72. The van der Waals surface area contributed by atoms with Gasteiger partial charge < -0.3 is 0 Å². The molecule has 1 radical (unpaired) electrons. The van der Waals surface area contributed by atoms with Gasteiger partial charge in [-0.2, -0.15) is 0 Å². The average molecular weight is 118 g/mol. The van der Waals surface area contributed by atoms with Crippen LogP contribution in [0.4, 0.5) is 0 Å². The summed E-state index contributed by atoms with van der Waals surface area (Å²) < 4.78 is 0. The lowest BCUT2D eigenvalue weighted by Gasteiger charge is -2.12. The van der Waals surface area contributed by atoms with Gasteiger partial charge >= 0.3 is 0 Å². The first-order valence-electron chi connectivity index (χ1n) is 2.90. The van der Waals surface area contributed by atoms with Gasteiger partial charge in [0.2, 0.25) is 0 Å². The minimum atomic E-state index is 1.17. The molecule has 0 aromatic heterocycles. The van der Waals surface area contributed by atoms with Crippen LogP contribution in [0.1, 0.15) is 32.1 Å². The van der Waals surface area contributed by atoms with E-state index in [9.17, 15) is 0 Å². The summed E-state index contributed by atoms with van der Waals surface area (Å²) in [5, 5.41) is 1.19. The van der Waals surface area contributed by atoms with Crippen molar-refractivity contribution in [2.75, 3.05) is 0 Å². The lowest BCUT2D eigenvalue weighted by molar-refractivity contribution is 0.576. The van der Waals surface area contributed by atoms with Crippen LogP contribution in [0.3, 0.4) is 0 Å². The largest absolute Gasteiger partial charge is 0.117 e. The zero-order chi connectivity index (χ0) is 5.11. The highest BCUT2D eigenvalue weighted by Gasteiger charge is 2.09. The molecule has 0 heterocycles. The van der Waals surface area contributed by atoms with Crippen molar-refractivity contribution in [2.45, 2.75) is 32.1 Å². The molecule has 1 aliphatic carbocycles. The third-order valence-electron chi connectivity index (χ3n) is 1.40. The third kappa shape index (κ3) is 1.68. The van der Waals surface area contributed by atoms with Gasteiger partial charge in [0.25, 0.3) is 0 Å². The van der Waals surface area contributed by atoms with Crippen molar-refractivity contribution in [1.82, 2.24) is 0 Å². The van der Waals surface area contributed by atoms with Crippen LogP contribution in [0.25, 0.3) is 0 Å². The Hall–Kier alpha value is 0.290. The zero-order valence-corrected chi connectivity index (χ0v) is 5.17. The highest BCUT2D eigenvalue weighted by Crippen LogP contribution is 2.27. The molecular weight excluding hydrogens is 108 g/mol. The zero-order valence-electron chi connectivity index (χ0n) is 4.41. The number of rotatable bonds is 0. The van der Waals surface area contributed by atoms with E-state index in [0.29, 0.717) is 0 Å². The van der Waals surface area contributed by atoms with E-state index >= 15 is 0 Å². The van der Waals surface area contributed by atoms with Crippen LogP contribution in [0.15, 0.2) is 0 Å². The Bertz CT molecular complexity index is 46.1. The molecule has 0 unspecified atom stereocenters. The lowest BCUT2D eigenvalue weighted by atomic mass is 10.0. The minimum absolute atomic E-state index is 1.17. The van der Waals surface area contributed by atoms with E-state index in [0.717, 1.165) is 0 Å². The molecule has 0 nitrogen and oxygen atoms in total. The topological polar surface area (TPSA) is 0 Å². The fourth-order valence-electron chi connectivity index (χ4n) is 0.935. The van der Waals surface area contributed by atoms with Crippen molar-refractivity contribution < 1.29 is 0 Å². The maximum Gasteiger partial charge on any atom is 0.0637 e. The maximum atomic E-state index is 5.73. The molecule has 0 saturated heterocycles. The van der Waals surface area contributed by atoms with E-state index in [-0.39, 0.29) is 0 Å². The molecule has 0 amide bonds. The van der Waals surface area contributed by atoms with Crippen LogP contribution in [0.2, 0.25) is 0 Å². The Morgan fingerprint density at radius 3 is 1.86 bits per heavy atom. The number of halogens is 1. The van der Waals surface area contributed by atoms with E-state index in [2.05, 4.69) is 0 Å². The van der Waals surface area contributed by atoms with Crippen molar-refractivity contribution in [3.8, 4) is 0 Å². The number of hydrogen-bond acceptors (Lipinski definition) is 0. The molecule has 1 aliphatic rings. The molecule has 0 spiro atoms. The summed E-state index contributed by atoms with van der Waals surface area (Å²) in [6.45, 7) is 0. The van der Waals surface area contributed by atoms with Gasteiger partial charge in [-0.05, 0) is 12.8 Å². The van der Waals surface area contributed by atoms with Crippen molar-refractivity contribution in [3.05, 3.63) is 5.38 Å². The first kappa shape index (κ1) is 5.43. The normalized spacial score (nSPS) is 25.3. The van der Waals surface area contributed by atoms with E-state index < -0.39 is 0 Å². The van der Waals surface area contributed by atoms with Crippen LogP contribution in [-0.4, -0.2) is 0 Å². The second kappa shape index (κ2) is 2.56. The number of hydrogen-bond donors (Lipinski definition) is 0. The van der Waals surface area contributed by atoms with Crippen LogP contribution >= 0.6 is 11.6 Å². The molecular formula is C6H10Cl. The molecule has 41 valence electrons. The summed E-state index contributed by atoms with van der Waals surface area (Å²) >= 11 is 5.73. The molecule has 1 saturated carbocycles. The van der Waals surface area contributed by atoms with E-state index in [4.69, 9.17) is 11.6 Å². The summed E-state index contributed by atoms with van der Waals surface area (Å²) in [6.07, 6.45) is 6.36. The molecule has 0 atom stereocenters. The third-order valence-corrected chi connectivity index (χ3v) is 1.77. The second-order valence-electron chi connectivity index (χ2n) is 2.08. The summed E-state index contributed by atoms with van der Waals surface area (Å²) in [4.78, 5) is 0. The summed E-state index contributed by atoms with van der Waals surface area (Å²) in [5.41, 5.74) is 0. The fraction of sp³-hybridized carbons (Fsp3) is 0.833. The molecule has 0 aromatic carbocycles. The Labute approximate surface area is 49.9 Å². The summed E-state index contributed by atoms with van der Waals surface area (Å²) in [7, 11) is 0. The van der Waals surface area contributed by atoms with Crippen LogP contribution in [0, 0.1) is 5.38 Å². The molecule has 0 N–H and O–H groups in total. The van der Waals surface area contributed by atoms with Gasteiger partial charge in [0.15, 0.2) is 0 Å². The van der Waals surface area contributed by atoms with Crippen LogP contribution in [0.5, 0.6) is 0 Å². The highest BCUT2D eigenvalue weighted by molar-refractivity contribution is 6.26. The van der Waals surface area contributed by atoms with Crippen molar-refractivity contribution in [1.29, 1.82) is 0 Å². The van der Waals surface area contributed by atoms with E-state index in [1.165, 1.54) is 37.5 Å². The SMILES string of the molecule is Cl[C]1CCCCC1.